The summed E-state index contributed by atoms with van der Waals surface area (Å²) in [5, 5.41) is 6.93. The normalized spacial score (nSPS) is 11.0. The van der Waals surface area contributed by atoms with Crippen LogP contribution >= 0.6 is 0 Å². The number of carbonyl (C=O) groups is 1. The van der Waals surface area contributed by atoms with Gasteiger partial charge >= 0.3 is 0 Å². The monoisotopic (exact) mass is 349 g/mol. The van der Waals surface area contributed by atoms with Crippen LogP contribution in [0.25, 0.3) is 22.2 Å². The van der Waals surface area contributed by atoms with E-state index in [4.69, 9.17) is 4.74 Å². The number of carbonyl (C=O) groups excluding carboxylic acids is 1. The first-order chi connectivity index (χ1) is 12.1. The number of ether oxygens (including phenoxy) is 1. The Morgan fingerprint density at radius 2 is 2.04 bits per heavy atom. The molecule has 0 aliphatic rings. The molecule has 0 saturated carbocycles. The minimum Gasteiger partial charge on any atom is -0.492 e. The number of hydrogen-bond acceptors (Lipinski definition) is 4. The van der Waals surface area contributed by atoms with Crippen LogP contribution in [-0.2, 0) is 0 Å². The summed E-state index contributed by atoms with van der Waals surface area (Å²) >= 11 is 0. The van der Waals surface area contributed by atoms with Crippen molar-refractivity contribution in [3.63, 3.8) is 0 Å². The summed E-state index contributed by atoms with van der Waals surface area (Å²) in [5.74, 6) is -3.53. The molecule has 0 aliphatic carbocycles. The molecule has 0 saturated heterocycles. The fraction of sp³-hybridized carbons (Fsp3) is 0.235. The second kappa shape index (κ2) is 6.92. The number of halogens is 3. The quantitative estimate of drug-likeness (QED) is 0.539. The van der Waals surface area contributed by atoms with Crippen LogP contribution in [0.15, 0.2) is 18.5 Å². The zero-order valence-corrected chi connectivity index (χ0v) is 13.3. The number of fused-ring (bicyclic) bond motifs is 1. The van der Waals surface area contributed by atoms with Crippen molar-refractivity contribution in [3.8, 4) is 16.9 Å². The van der Waals surface area contributed by atoms with E-state index >= 15 is 0 Å². The number of rotatable bonds is 6. The third kappa shape index (κ3) is 2.95. The number of aromatic amines is 1. The van der Waals surface area contributed by atoms with Gasteiger partial charge < -0.3 is 4.74 Å². The standard InChI is InChI=1S/C17H14F3N3O2/c1-2-3-4-25-16-9(6-21-17-10(16)7-22-23-17)14-13(19)5-12(18)11(8-24)15(14)20/h5-8H,2-4H2,1H3,(H,21,22,23). The van der Waals surface area contributed by atoms with Crippen LogP contribution in [0.2, 0.25) is 0 Å². The lowest BCUT2D eigenvalue weighted by Gasteiger charge is -2.14. The highest BCUT2D eigenvalue weighted by Crippen LogP contribution is 2.39. The smallest absolute Gasteiger partial charge is 0.158 e. The summed E-state index contributed by atoms with van der Waals surface area (Å²) in [6.45, 7) is 2.29. The number of benzene rings is 1. The van der Waals surface area contributed by atoms with Gasteiger partial charge in [-0.05, 0) is 6.42 Å². The summed E-state index contributed by atoms with van der Waals surface area (Å²) in [6.07, 6.45) is 4.23. The molecule has 5 nitrogen and oxygen atoms in total. The van der Waals surface area contributed by atoms with Gasteiger partial charge in [0.2, 0.25) is 0 Å². The lowest BCUT2D eigenvalue weighted by molar-refractivity contribution is 0.111. The molecule has 3 rings (SSSR count). The third-order valence-electron chi connectivity index (χ3n) is 3.77. The first-order valence-electron chi connectivity index (χ1n) is 7.66. The molecule has 0 unspecified atom stereocenters. The number of aromatic nitrogens is 3. The first-order valence-corrected chi connectivity index (χ1v) is 7.66. The minimum atomic E-state index is -1.29. The van der Waals surface area contributed by atoms with E-state index in [0.29, 0.717) is 23.7 Å². The summed E-state index contributed by atoms with van der Waals surface area (Å²) in [6, 6.07) is 0.470. The Kier molecular flexibility index (Phi) is 4.69. The molecule has 0 amide bonds. The van der Waals surface area contributed by atoms with Crippen molar-refractivity contribution >= 4 is 17.3 Å². The SMILES string of the molecule is CCCCOc1c(-c2c(F)cc(F)c(C=O)c2F)cnc2[nH]ncc12. The van der Waals surface area contributed by atoms with Gasteiger partial charge in [-0.15, -0.1) is 0 Å². The van der Waals surface area contributed by atoms with E-state index in [2.05, 4.69) is 15.2 Å². The summed E-state index contributed by atoms with van der Waals surface area (Å²) in [7, 11) is 0. The summed E-state index contributed by atoms with van der Waals surface area (Å²) in [5.41, 5.74) is -1.04. The fourth-order valence-electron chi connectivity index (χ4n) is 2.49. The molecule has 130 valence electrons. The van der Waals surface area contributed by atoms with Gasteiger partial charge in [0.15, 0.2) is 11.9 Å². The Morgan fingerprint density at radius 3 is 2.76 bits per heavy atom. The number of unbranched alkanes of at least 4 members (excludes halogenated alkanes) is 1. The predicted molar refractivity (Wildman–Crippen MR) is 85.0 cm³/mol. The van der Waals surface area contributed by atoms with E-state index < -0.39 is 28.6 Å². The number of H-pyrrole nitrogens is 1. The average Bonchev–Trinajstić information content (AvgIpc) is 3.05. The summed E-state index contributed by atoms with van der Waals surface area (Å²) < 4.78 is 48.2. The molecule has 2 aromatic heterocycles. The second-order valence-corrected chi connectivity index (χ2v) is 5.40. The van der Waals surface area contributed by atoms with Crippen molar-refractivity contribution in [1.82, 2.24) is 15.2 Å². The van der Waals surface area contributed by atoms with Crippen LogP contribution < -0.4 is 4.74 Å². The molecule has 3 aromatic rings. The van der Waals surface area contributed by atoms with Crippen LogP contribution in [-0.4, -0.2) is 28.1 Å². The highest BCUT2D eigenvalue weighted by Gasteiger charge is 2.24. The fourth-order valence-corrected chi connectivity index (χ4v) is 2.49. The van der Waals surface area contributed by atoms with Gasteiger partial charge in [-0.2, -0.15) is 5.10 Å². The number of aldehydes is 1. The van der Waals surface area contributed by atoms with Crippen LogP contribution in [0, 0.1) is 17.5 Å². The van der Waals surface area contributed by atoms with Crippen molar-refractivity contribution in [2.45, 2.75) is 19.8 Å². The Labute approximate surface area is 140 Å². The maximum atomic E-state index is 14.6. The second-order valence-electron chi connectivity index (χ2n) is 5.40. The lowest BCUT2D eigenvalue weighted by Crippen LogP contribution is -2.04. The van der Waals surface area contributed by atoms with Crippen molar-refractivity contribution in [2.24, 2.45) is 0 Å². The molecule has 2 heterocycles. The van der Waals surface area contributed by atoms with Gasteiger partial charge in [0, 0.05) is 17.8 Å². The molecule has 1 aromatic carbocycles. The molecule has 25 heavy (non-hydrogen) atoms. The lowest BCUT2D eigenvalue weighted by atomic mass is 10.0. The van der Waals surface area contributed by atoms with Gasteiger partial charge in [-0.1, -0.05) is 13.3 Å². The van der Waals surface area contributed by atoms with Crippen LogP contribution in [0.3, 0.4) is 0 Å². The summed E-state index contributed by atoms with van der Waals surface area (Å²) in [4.78, 5) is 15.0. The largest absolute Gasteiger partial charge is 0.492 e. The number of hydrogen-bond donors (Lipinski definition) is 1. The molecule has 0 aliphatic heterocycles. The van der Waals surface area contributed by atoms with Gasteiger partial charge in [0.25, 0.3) is 0 Å². The maximum Gasteiger partial charge on any atom is 0.158 e. The highest BCUT2D eigenvalue weighted by atomic mass is 19.1. The van der Waals surface area contributed by atoms with Crippen molar-refractivity contribution in [1.29, 1.82) is 0 Å². The van der Waals surface area contributed by atoms with E-state index in [1.807, 2.05) is 6.92 Å². The first kappa shape index (κ1) is 16.9. The van der Waals surface area contributed by atoms with Crippen molar-refractivity contribution in [2.75, 3.05) is 6.61 Å². The maximum absolute atomic E-state index is 14.6. The van der Waals surface area contributed by atoms with E-state index in [0.717, 1.165) is 12.8 Å². The zero-order chi connectivity index (χ0) is 18.0. The Hall–Kier alpha value is -2.90. The molecular formula is C17H14F3N3O2. The van der Waals surface area contributed by atoms with Gasteiger partial charge in [0.1, 0.15) is 23.2 Å². The minimum absolute atomic E-state index is 0.00896. The molecule has 0 atom stereocenters. The molecular weight excluding hydrogens is 335 g/mol. The van der Waals surface area contributed by atoms with E-state index in [9.17, 15) is 18.0 Å². The number of nitrogens with zero attached hydrogens (tertiary/aromatic N) is 2. The molecule has 0 radical (unpaired) electrons. The average molecular weight is 349 g/mol. The Balaban J connectivity index is 2.25. The topological polar surface area (TPSA) is 67.9 Å². The molecule has 0 fully saturated rings. The van der Waals surface area contributed by atoms with Gasteiger partial charge in [0.05, 0.1) is 29.3 Å². The molecule has 8 heteroatoms. The highest BCUT2D eigenvalue weighted by molar-refractivity contribution is 5.91. The number of nitrogens with one attached hydrogen (secondary N) is 1. The third-order valence-corrected chi connectivity index (χ3v) is 3.77. The Morgan fingerprint density at radius 1 is 1.24 bits per heavy atom. The Bertz CT molecular complexity index is 941. The van der Waals surface area contributed by atoms with Crippen molar-refractivity contribution in [3.05, 3.63) is 41.5 Å². The van der Waals surface area contributed by atoms with Gasteiger partial charge in [-0.25, -0.2) is 18.2 Å². The predicted octanol–water partition coefficient (Wildman–Crippen LogP) is 4.03. The van der Waals surface area contributed by atoms with E-state index in [1.165, 1.54) is 12.4 Å². The molecule has 1 N–H and O–H groups in total. The zero-order valence-electron chi connectivity index (χ0n) is 13.3. The van der Waals surface area contributed by atoms with Crippen LogP contribution in [0.4, 0.5) is 13.2 Å². The van der Waals surface area contributed by atoms with Crippen LogP contribution in [0.1, 0.15) is 30.1 Å². The molecule has 0 bridgehead atoms. The van der Waals surface area contributed by atoms with E-state index in [-0.39, 0.29) is 17.6 Å². The number of pyridine rings is 1. The van der Waals surface area contributed by atoms with E-state index in [1.54, 1.807) is 0 Å². The van der Waals surface area contributed by atoms with Gasteiger partial charge in [-0.3, -0.25) is 9.89 Å². The molecule has 0 spiro atoms. The van der Waals surface area contributed by atoms with Crippen LogP contribution in [0.5, 0.6) is 5.75 Å². The van der Waals surface area contributed by atoms with Crippen molar-refractivity contribution < 1.29 is 22.7 Å².